The summed E-state index contributed by atoms with van der Waals surface area (Å²) in [6.45, 7) is 0. The maximum Gasteiger partial charge on any atom is 0.338 e. The fraction of sp³-hybridized carbons (Fsp3) is 0.143. The molecule has 0 radical (unpaired) electrons. The highest BCUT2D eigenvalue weighted by Gasteiger charge is 2.19. The van der Waals surface area contributed by atoms with Crippen LogP contribution in [0, 0.1) is 3.70 Å². The van der Waals surface area contributed by atoms with E-state index in [1.807, 2.05) is 0 Å². The molecule has 1 heterocycles. The zero-order valence-corrected chi connectivity index (χ0v) is 9.38. The van der Waals surface area contributed by atoms with Crippen LogP contribution in [-0.4, -0.2) is 16.1 Å². The third-order valence-electron chi connectivity index (χ3n) is 1.42. The summed E-state index contributed by atoms with van der Waals surface area (Å²) in [6.07, 6.45) is -2.83. The highest BCUT2D eigenvalue weighted by molar-refractivity contribution is 14.1. The number of nitrogens with zero attached hydrogens (tertiary/aromatic N) is 1. The van der Waals surface area contributed by atoms with Gasteiger partial charge < -0.3 is 5.11 Å². The highest BCUT2D eigenvalue weighted by atomic mass is 127. The molecule has 3 nitrogen and oxygen atoms in total. The molecule has 1 N–H and O–H groups in total. The number of carbonyl (C=O) groups is 1. The Morgan fingerprint density at radius 2 is 2.21 bits per heavy atom. The first kappa shape index (κ1) is 11.6. The first-order valence-electron chi connectivity index (χ1n) is 3.31. The fourth-order valence-corrected chi connectivity index (χ4v) is 1.78. The van der Waals surface area contributed by atoms with Gasteiger partial charge in [-0.2, -0.15) is 0 Å². The molecule has 0 aliphatic heterocycles. The van der Waals surface area contributed by atoms with Gasteiger partial charge in [0.25, 0.3) is 6.43 Å². The van der Waals surface area contributed by atoms with Crippen molar-refractivity contribution in [2.24, 2.45) is 0 Å². The molecule has 0 bridgehead atoms. The second kappa shape index (κ2) is 4.35. The normalized spacial score (nSPS) is 10.6. The Balaban J connectivity index is 3.34. The van der Waals surface area contributed by atoms with Gasteiger partial charge in [-0.05, 0) is 28.7 Å². The lowest BCUT2D eigenvalue weighted by molar-refractivity contribution is 0.0694. The SMILES string of the molecule is O=C(O)c1cc(C(F)F)c(Cl)nc1I. The maximum atomic E-state index is 12.3. The summed E-state index contributed by atoms with van der Waals surface area (Å²) in [7, 11) is 0. The Hall–Kier alpha value is -0.500. The van der Waals surface area contributed by atoms with Crippen molar-refractivity contribution in [2.75, 3.05) is 0 Å². The number of carboxylic acids is 1. The van der Waals surface area contributed by atoms with Gasteiger partial charge >= 0.3 is 5.97 Å². The fourth-order valence-electron chi connectivity index (χ4n) is 0.789. The Morgan fingerprint density at radius 3 is 2.64 bits per heavy atom. The minimum Gasteiger partial charge on any atom is -0.478 e. The van der Waals surface area contributed by atoms with Crippen molar-refractivity contribution in [3.63, 3.8) is 0 Å². The second-order valence-electron chi connectivity index (χ2n) is 2.31. The molecule has 1 rings (SSSR count). The van der Waals surface area contributed by atoms with E-state index in [0.717, 1.165) is 6.07 Å². The van der Waals surface area contributed by atoms with Crippen molar-refractivity contribution >= 4 is 40.2 Å². The molecule has 14 heavy (non-hydrogen) atoms. The molecule has 0 amide bonds. The van der Waals surface area contributed by atoms with E-state index >= 15 is 0 Å². The quantitative estimate of drug-likeness (QED) is 0.669. The molecule has 1 aromatic rings. The Bertz CT molecular complexity index is 386. The summed E-state index contributed by atoms with van der Waals surface area (Å²) >= 11 is 7.03. The summed E-state index contributed by atoms with van der Waals surface area (Å²) in [4.78, 5) is 14.1. The van der Waals surface area contributed by atoms with Crippen molar-refractivity contribution in [3.05, 3.63) is 26.0 Å². The predicted octanol–water partition coefficient (Wildman–Crippen LogP) is 2.98. The number of alkyl halides is 2. The lowest BCUT2D eigenvalue weighted by atomic mass is 10.2. The minimum atomic E-state index is -2.83. The van der Waals surface area contributed by atoms with E-state index in [0.29, 0.717) is 0 Å². The van der Waals surface area contributed by atoms with Crippen molar-refractivity contribution in [1.29, 1.82) is 0 Å². The van der Waals surface area contributed by atoms with Crippen LogP contribution in [0.2, 0.25) is 5.15 Å². The highest BCUT2D eigenvalue weighted by Crippen LogP contribution is 2.27. The number of aromatic nitrogens is 1. The molecule has 76 valence electrons. The minimum absolute atomic E-state index is 0.0875. The van der Waals surface area contributed by atoms with Crippen molar-refractivity contribution in [3.8, 4) is 0 Å². The van der Waals surface area contributed by atoms with Crippen LogP contribution < -0.4 is 0 Å². The number of hydrogen-bond donors (Lipinski definition) is 1. The monoisotopic (exact) mass is 333 g/mol. The number of hydrogen-bond acceptors (Lipinski definition) is 2. The van der Waals surface area contributed by atoms with E-state index in [4.69, 9.17) is 16.7 Å². The number of rotatable bonds is 2. The van der Waals surface area contributed by atoms with Gasteiger partial charge in [-0.25, -0.2) is 18.6 Å². The van der Waals surface area contributed by atoms with Crippen LogP contribution in [0.25, 0.3) is 0 Å². The number of aromatic carboxylic acids is 1. The van der Waals surface area contributed by atoms with Gasteiger partial charge in [0.1, 0.15) is 8.85 Å². The van der Waals surface area contributed by atoms with Crippen LogP contribution in [0.1, 0.15) is 22.3 Å². The van der Waals surface area contributed by atoms with Gasteiger partial charge in [0.2, 0.25) is 0 Å². The van der Waals surface area contributed by atoms with Crippen LogP contribution >= 0.6 is 34.2 Å². The average molecular weight is 333 g/mol. The molecule has 0 saturated carbocycles. The van der Waals surface area contributed by atoms with E-state index in [1.165, 1.54) is 0 Å². The van der Waals surface area contributed by atoms with Crippen LogP contribution in [0.3, 0.4) is 0 Å². The lowest BCUT2D eigenvalue weighted by Gasteiger charge is -2.05. The van der Waals surface area contributed by atoms with E-state index in [1.54, 1.807) is 22.6 Å². The lowest BCUT2D eigenvalue weighted by Crippen LogP contribution is -2.04. The third-order valence-corrected chi connectivity index (χ3v) is 2.55. The smallest absolute Gasteiger partial charge is 0.338 e. The molecule has 0 spiro atoms. The first-order chi connectivity index (χ1) is 6.43. The van der Waals surface area contributed by atoms with E-state index in [2.05, 4.69) is 4.98 Å². The molecule has 0 aromatic carbocycles. The maximum absolute atomic E-state index is 12.3. The first-order valence-corrected chi connectivity index (χ1v) is 4.76. The van der Waals surface area contributed by atoms with Gasteiger partial charge in [0.05, 0.1) is 11.1 Å². The molecule has 0 unspecified atom stereocenters. The number of carboxylic acid groups (broad SMARTS) is 1. The van der Waals surface area contributed by atoms with Crippen LogP contribution in [-0.2, 0) is 0 Å². The van der Waals surface area contributed by atoms with Crippen LogP contribution in [0.5, 0.6) is 0 Å². The van der Waals surface area contributed by atoms with Crippen LogP contribution in [0.15, 0.2) is 6.07 Å². The van der Waals surface area contributed by atoms with Crippen molar-refractivity contribution in [1.82, 2.24) is 4.98 Å². The van der Waals surface area contributed by atoms with Gasteiger partial charge in [-0.1, -0.05) is 11.6 Å². The van der Waals surface area contributed by atoms with Crippen LogP contribution in [0.4, 0.5) is 8.78 Å². The molecule has 1 aromatic heterocycles. The molecular formula is C7H3ClF2INO2. The number of halogens is 4. The summed E-state index contributed by atoms with van der Waals surface area (Å²) in [5, 5.41) is 8.26. The molecule has 0 aliphatic carbocycles. The Morgan fingerprint density at radius 1 is 1.64 bits per heavy atom. The summed E-state index contributed by atoms with van der Waals surface area (Å²) < 4.78 is 24.7. The van der Waals surface area contributed by atoms with Gasteiger partial charge in [-0.3, -0.25) is 0 Å². The van der Waals surface area contributed by atoms with Crippen molar-refractivity contribution < 1.29 is 18.7 Å². The summed E-state index contributed by atoms with van der Waals surface area (Å²) in [5.74, 6) is -1.31. The van der Waals surface area contributed by atoms with E-state index in [9.17, 15) is 13.6 Å². The standard InChI is InChI=1S/C7H3ClF2INO2/c8-4-2(5(9)10)1-3(7(13)14)6(11)12-4/h1,5H,(H,13,14). The third kappa shape index (κ3) is 2.30. The molecule has 0 saturated heterocycles. The topological polar surface area (TPSA) is 50.2 Å². The van der Waals surface area contributed by atoms with E-state index in [-0.39, 0.29) is 14.4 Å². The second-order valence-corrected chi connectivity index (χ2v) is 3.69. The molecular weight excluding hydrogens is 330 g/mol. The molecule has 0 aliphatic rings. The van der Waals surface area contributed by atoms with E-state index < -0.39 is 18.0 Å². The molecule has 0 fully saturated rings. The molecule has 0 atom stereocenters. The predicted molar refractivity (Wildman–Crippen MR) is 53.9 cm³/mol. The van der Waals surface area contributed by atoms with Gasteiger partial charge in [-0.15, -0.1) is 0 Å². The summed E-state index contributed by atoms with van der Waals surface area (Å²) in [5.41, 5.74) is -0.838. The average Bonchev–Trinajstić information content (AvgIpc) is 2.02. The van der Waals surface area contributed by atoms with Gasteiger partial charge in [0.15, 0.2) is 0 Å². The number of pyridine rings is 1. The Kier molecular flexibility index (Phi) is 3.59. The zero-order valence-electron chi connectivity index (χ0n) is 6.47. The van der Waals surface area contributed by atoms with Crippen molar-refractivity contribution in [2.45, 2.75) is 6.43 Å². The molecule has 7 heteroatoms. The largest absolute Gasteiger partial charge is 0.478 e. The Labute approximate surface area is 96.2 Å². The van der Waals surface area contributed by atoms with Gasteiger partial charge in [0, 0.05) is 0 Å². The summed E-state index contributed by atoms with van der Waals surface area (Å²) in [6, 6.07) is 0.837. The zero-order chi connectivity index (χ0) is 10.9.